The summed E-state index contributed by atoms with van der Waals surface area (Å²) in [4.78, 5) is 45.6. The number of hydrogen-bond donors (Lipinski definition) is 3. The molecule has 26 heavy (non-hydrogen) atoms. The largest absolute Gasteiger partial charge is 0.481 e. The predicted octanol–water partition coefficient (Wildman–Crippen LogP) is 1.28. The van der Waals surface area contributed by atoms with E-state index in [0.29, 0.717) is 12.2 Å². The van der Waals surface area contributed by atoms with Crippen molar-refractivity contribution >= 4 is 35.2 Å². The molecule has 0 radical (unpaired) electrons. The average Bonchev–Trinajstić information content (AvgIpc) is 2.62. The Balaban J connectivity index is 2.81. The molecular weight excluding hydrogens is 362 g/mol. The van der Waals surface area contributed by atoms with E-state index < -0.39 is 34.7 Å². The zero-order chi connectivity index (χ0) is 19.7. The quantitative estimate of drug-likeness (QED) is 0.408. The number of nitro benzene ring substituents is 1. The Bertz CT molecular complexity index is 682. The highest BCUT2D eigenvalue weighted by Crippen LogP contribution is 2.13. The highest BCUT2D eigenvalue weighted by molar-refractivity contribution is 7.98. The van der Waals surface area contributed by atoms with Crippen LogP contribution in [-0.4, -0.2) is 52.4 Å². The van der Waals surface area contributed by atoms with Crippen molar-refractivity contribution < 1.29 is 24.4 Å². The lowest BCUT2D eigenvalue weighted by atomic mass is 10.1. The summed E-state index contributed by atoms with van der Waals surface area (Å²) in [6.07, 6.45) is 2.19. The van der Waals surface area contributed by atoms with Crippen LogP contribution in [0, 0.1) is 16.0 Å². The first kappa shape index (κ1) is 21.4. The Morgan fingerprint density at radius 2 is 2.04 bits per heavy atom. The number of carboxylic acids is 1. The third-order valence-electron chi connectivity index (χ3n) is 3.56. The van der Waals surface area contributed by atoms with Crippen molar-refractivity contribution in [1.29, 1.82) is 0 Å². The fraction of sp³-hybridized carbons (Fsp3) is 0.438. The molecule has 2 atom stereocenters. The van der Waals surface area contributed by atoms with Crippen molar-refractivity contribution in [2.75, 3.05) is 18.6 Å². The molecule has 0 heterocycles. The standard InChI is InChI=1S/C16H21N3O6S/c1-10(16(22)23)9-17-15(21)13(6-7-26-2)18-14(20)11-4-3-5-12(8-11)19(24)25/h3-5,8,10,13H,6-7,9H2,1-2H3,(H,17,21)(H,18,20)(H,22,23). The summed E-state index contributed by atoms with van der Waals surface area (Å²) < 4.78 is 0. The minimum Gasteiger partial charge on any atom is -0.481 e. The number of nitro groups is 1. The van der Waals surface area contributed by atoms with Crippen LogP contribution in [0.5, 0.6) is 0 Å². The van der Waals surface area contributed by atoms with Crippen LogP contribution in [0.4, 0.5) is 5.69 Å². The number of nitrogens with zero attached hydrogens (tertiary/aromatic N) is 1. The van der Waals surface area contributed by atoms with Gasteiger partial charge in [0.1, 0.15) is 6.04 Å². The number of amides is 2. The highest BCUT2D eigenvalue weighted by Gasteiger charge is 2.23. The van der Waals surface area contributed by atoms with Gasteiger partial charge in [0.25, 0.3) is 11.6 Å². The molecule has 0 bridgehead atoms. The molecule has 0 saturated heterocycles. The van der Waals surface area contributed by atoms with Gasteiger partial charge in [0.05, 0.1) is 10.8 Å². The van der Waals surface area contributed by atoms with Crippen molar-refractivity contribution in [1.82, 2.24) is 10.6 Å². The van der Waals surface area contributed by atoms with Crippen LogP contribution in [0.2, 0.25) is 0 Å². The third-order valence-corrected chi connectivity index (χ3v) is 4.20. The normalized spacial score (nSPS) is 12.7. The topological polar surface area (TPSA) is 139 Å². The van der Waals surface area contributed by atoms with E-state index in [2.05, 4.69) is 10.6 Å². The lowest BCUT2D eigenvalue weighted by molar-refractivity contribution is -0.384. The molecule has 1 rings (SSSR count). The summed E-state index contributed by atoms with van der Waals surface area (Å²) in [7, 11) is 0. The number of carboxylic acid groups (broad SMARTS) is 1. The molecule has 0 saturated carbocycles. The molecule has 0 fully saturated rings. The molecule has 3 N–H and O–H groups in total. The summed E-state index contributed by atoms with van der Waals surface area (Å²) >= 11 is 1.49. The number of thioether (sulfide) groups is 1. The summed E-state index contributed by atoms with van der Waals surface area (Å²) in [5.74, 6) is -2.30. The van der Waals surface area contributed by atoms with Gasteiger partial charge < -0.3 is 15.7 Å². The summed E-state index contributed by atoms with van der Waals surface area (Å²) in [6, 6.07) is 4.33. The average molecular weight is 383 g/mol. The molecular formula is C16H21N3O6S. The van der Waals surface area contributed by atoms with Crippen molar-refractivity contribution in [3.8, 4) is 0 Å². The smallest absolute Gasteiger partial charge is 0.308 e. The second-order valence-electron chi connectivity index (χ2n) is 5.60. The molecule has 10 heteroatoms. The van der Waals surface area contributed by atoms with Crippen LogP contribution in [0.25, 0.3) is 0 Å². The van der Waals surface area contributed by atoms with Crippen LogP contribution < -0.4 is 10.6 Å². The van der Waals surface area contributed by atoms with Crippen LogP contribution >= 0.6 is 11.8 Å². The third kappa shape index (κ3) is 6.71. The molecule has 0 spiro atoms. The van der Waals surface area contributed by atoms with E-state index in [9.17, 15) is 24.5 Å². The van der Waals surface area contributed by atoms with Gasteiger partial charge in [-0.3, -0.25) is 24.5 Å². The van der Waals surface area contributed by atoms with Crippen LogP contribution in [-0.2, 0) is 9.59 Å². The van der Waals surface area contributed by atoms with E-state index in [-0.39, 0.29) is 17.8 Å². The maximum atomic E-state index is 12.3. The van der Waals surface area contributed by atoms with E-state index in [4.69, 9.17) is 5.11 Å². The van der Waals surface area contributed by atoms with Gasteiger partial charge in [-0.25, -0.2) is 0 Å². The fourth-order valence-electron chi connectivity index (χ4n) is 1.97. The second kappa shape index (κ2) is 10.4. The lowest BCUT2D eigenvalue weighted by Crippen LogP contribution is -2.48. The van der Waals surface area contributed by atoms with Gasteiger partial charge in [0.2, 0.25) is 5.91 Å². The Kier molecular flexibility index (Phi) is 8.56. The first-order chi connectivity index (χ1) is 12.3. The first-order valence-corrected chi connectivity index (χ1v) is 9.20. The Morgan fingerprint density at radius 3 is 2.62 bits per heavy atom. The van der Waals surface area contributed by atoms with E-state index in [1.165, 1.54) is 36.9 Å². The van der Waals surface area contributed by atoms with Crippen molar-refractivity contribution in [3.63, 3.8) is 0 Å². The lowest BCUT2D eigenvalue weighted by Gasteiger charge is -2.19. The Morgan fingerprint density at radius 1 is 1.35 bits per heavy atom. The second-order valence-corrected chi connectivity index (χ2v) is 6.58. The SMILES string of the molecule is CSCCC(NC(=O)c1cccc([N+](=O)[O-])c1)C(=O)NCC(C)C(=O)O. The summed E-state index contributed by atoms with van der Waals surface area (Å²) in [5, 5.41) is 24.7. The minimum absolute atomic E-state index is 0.0589. The van der Waals surface area contributed by atoms with Gasteiger partial charge in [-0.1, -0.05) is 13.0 Å². The number of non-ortho nitro benzene ring substituents is 1. The molecule has 0 aromatic heterocycles. The molecule has 2 amide bonds. The minimum atomic E-state index is -1.04. The molecule has 0 aliphatic carbocycles. The maximum absolute atomic E-state index is 12.3. The van der Waals surface area contributed by atoms with Gasteiger partial charge in [-0.05, 0) is 24.5 Å². The molecule has 2 unspecified atom stereocenters. The number of hydrogen-bond acceptors (Lipinski definition) is 6. The van der Waals surface area contributed by atoms with Crippen LogP contribution in [0.1, 0.15) is 23.7 Å². The number of nitrogens with one attached hydrogen (secondary N) is 2. The maximum Gasteiger partial charge on any atom is 0.308 e. The van der Waals surface area contributed by atoms with E-state index >= 15 is 0 Å². The van der Waals surface area contributed by atoms with Gasteiger partial charge in [0.15, 0.2) is 0 Å². The number of carbonyl (C=O) groups is 3. The summed E-state index contributed by atoms with van der Waals surface area (Å²) in [5.41, 5.74) is -0.155. The fourth-order valence-corrected chi connectivity index (χ4v) is 2.44. The Labute approximate surface area is 154 Å². The first-order valence-electron chi connectivity index (χ1n) is 7.81. The number of rotatable bonds is 10. The number of carbonyl (C=O) groups excluding carboxylic acids is 2. The predicted molar refractivity (Wildman–Crippen MR) is 97.2 cm³/mol. The molecule has 142 valence electrons. The zero-order valence-corrected chi connectivity index (χ0v) is 15.2. The highest BCUT2D eigenvalue weighted by atomic mass is 32.2. The van der Waals surface area contributed by atoms with Crippen molar-refractivity contribution in [2.24, 2.45) is 5.92 Å². The van der Waals surface area contributed by atoms with E-state index in [1.807, 2.05) is 6.26 Å². The van der Waals surface area contributed by atoms with Gasteiger partial charge >= 0.3 is 5.97 Å². The van der Waals surface area contributed by atoms with Crippen molar-refractivity contribution in [3.05, 3.63) is 39.9 Å². The van der Waals surface area contributed by atoms with Crippen LogP contribution in [0.3, 0.4) is 0 Å². The summed E-state index contributed by atoms with van der Waals surface area (Å²) in [6.45, 7) is 1.40. The molecule has 1 aromatic carbocycles. The zero-order valence-electron chi connectivity index (χ0n) is 14.4. The van der Waals surface area contributed by atoms with Crippen LogP contribution in [0.15, 0.2) is 24.3 Å². The van der Waals surface area contributed by atoms with Crippen molar-refractivity contribution in [2.45, 2.75) is 19.4 Å². The van der Waals surface area contributed by atoms with Gasteiger partial charge in [-0.2, -0.15) is 11.8 Å². The Hall–Kier alpha value is -2.62. The van der Waals surface area contributed by atoms with E-state index in [0.717, 1.165) is 6.07 Å². The monoisotopic (exact) mass is 383 g/mol. The van der Waals surface area contributed by atoms with E-state index in [1.54, 1.807) is 0 Å². The molecule has 1 aromatic rings. The number of aliphatic carboxylic acids is 1. The molecule has 9 nitrogen and oxygen atoms in total. The van der Waals surface area contributed by atoms with Gasteiger partial charge in [0, 0.05) is 24.2 Å². The van der Waals surface area contributed by atoms with Gasteiger partial charge in [-0.15, -0.1) is 0 Å². The molecule has 0 aliphatic heterocycles. The molecule has 0 aliphatic rings. The number of benzene rings is 1.